The van der Waals surface area contributed by atoms with Gasteiger partial charge in [-0.15, -0.1) is 0 Å². The summed E-state index contributed by atoms with van der Waals surface area (Å²) in [6.07, 6.45) is 12.0. The summed E-state index contributed by atoms with van der Waals surface area (Å²) < 4.78 is 0. The molecule has 0 unspecified atom stereocenters. The van der Waals surface area contributed by atoms with Gasteiger partial charge >= 0.3 is 0 Å². The van der Waals surface area contributed by atoms with Crippen molar-refractivity contribution in [3.63, 3.8) is 0 Å². The second-order valence-corrected chi connectivity index (χ2v) is 6.44. The fourth-order valence-corrected chi connectivity index (χ4v) is 2.63. The van der Waals surface area contributed by atoms with Crippen LogP contribution in [0.2, 0.25) is 0 Å². The van der Waals surface area contributed by atoms with Gasteiger partial charge in [-0.05, 0) is 18.4 Å². The Morgan fingerprint density at radius 1 is 0.857 bits per heavy atom. The monoisotopic (exact) mass is 288 g/mol. The van der Waals surface area contributed by atoms with Gasteiger partial charge in [-0.2, -0.15) is 0 Å². The topological polar surface area (TPSA) is 17.1 Å². The van der Waals surface area contributed by atoms with Crippen molar-refractivity contribution in [2.45, 2.75) is 78.6 Å². The van der Waals surface area contributed by atoms with Gasteiger partial charge in [0.25, 0.3) is 0 Å². The van der Waals surface area contributed by atoms with Crippen molar-refractivity contribution in [1.29, 1.82) is 0 Å². The Balaban J connectivity index is 2.17. The van der Waals surface area contributed by atoms with Gasteiger partial charge in [0.1, 0.15) is 0 Å². The maximum atomic E-state index is 11.9. The standard InChI is InChI=1S/C20H32O/c1-4-5-6-7-8-9-10-11-12-18-13-15-19(16-14-18)20(21)17(2)3/h13-17H,4-12H2,1-3H3. The molecule has 0 radical (unpaired) electrons. The van der Waals surface area contributed by atoms with Gasteiger partial charge in [0.2, 0.25) is 0 Å². The summed E-state index contributed by atoms with van der Waals surface area (Å²) in [5.74, 6) is 0.331. The first-order valence-electron chi connectivity index (χ1n) is 8.78. The van der Waals surface area contributed by atoms with Crippen LogP contribution in [-0.4, -0.2) is 5.78 Å². The van der Waals surface area contributed by atoms with Crippen LogP contribution < -0.4 is 0 Å². The van der Waals surface area contributed by atoms with Crippen LogP contribution in [0.5, 0.6) is 0 Å². The van der Waals surface area contributed by atoms with Gasteiger partial charge in [0.05, 0.1) is 0 Å². The quantitative estimate of drug-likeness (QED) is 0.349. The Labute approximate surface area is 131 Å². The highest BCUT2D eigenvalue weighted by molar-refractivity contribution is 5.97. The molecule has 0 aliphatic carbocycles. The molecule has 1 nitrogen and oxygen atoms in total. The number of unbranched alkanes of at least 4 members (excludes halogenated alkanes) is 7. The first-order chi connectivity index (χ1) is 10.1. The number of carbonyl (C=O) groups is 1. The van der Waals surface area contributed by atoms with E-state index in [1.165, 1.54) is 56.9 Å². The third-order valence-corrected chi connectivity index (χ3v) is 4.08. The minimum absolute atomic E-state index is 0.0866. The van der Waals surface area contributed by atoms with Crippen LogP contribution in [0.1, 0.15) is 88.1 Å². The van der Waals surface area contributed by atoms with Crippen molar-refractivity contribution < 1.29 is 4.79 Å². The third-order valence-electron chi connectivity index (χ3n) is 4.08. The van der Waals surface area contributed by atoms with Crippen molar-refractivity contribution in [2.75, 3.05) is 0 Å². The number of ketones is 1. The van der Waals surface area contributed by atoms with E-state index in [0.29, 0.717) is 0 Å². The smallest absolute Gasteiger partial charge is 0.165 e. The normalized spacial score (nSPS) is 11.0. The highest BCUT2D eigenvalue weighted by Crippen LogP contribution is 2.14. The fraction of sp³-hybridized carbons (Fsp3) is 0.650. The molecular weight excluding hydrogens is 256 g/mol. The Morgan fingerprint density at radius 3 is 1.90 bits per heavy atom. The van der Waals surface area contributed by atoms with Crippen molar-refractivity contribution in [1.82, 2.24) is 0 Å². The predicted octanol–water partition coefficient (Wildman–Crippen LogP) is 6.21. The van der Waals surface area contributed by atoms with Crippen LogP contribution >= 0.6 is 0 Å². The van der Waals surface area contributed by atoms with Crippen molar-refractivity contribution in [3.8, 4) is 0 Å². The van der Waals surface area contributed by atoms with E-state index in [9.17, 15) is 4.79 Å². The molecule has 0 fully saturated rings. The van der Waals surface area contributed by atoms with Gasteiger partial charge in [0, 0.05) is 11.5 Å². The van der Waals surface area contributed by atoms with Crippen molar-refractivity contribution in [2.24, 2.45) is 5.92 Å². The van der Waals surface area contributed by atoms with Crippen LogP contribution in [0.3, 0.4) is 0 Å². The molecule has 1 aromatic rings. The zero-order valence-electron chi connectivity index (χ0n) is 14.2. The molecule has 1 rings (SSSR count). The molecule has 0 aliphatic heterocycles. The van der Waals surface area contributed by atoms with Crippen molar-refractivity contribution in [3.05, 3.63) is 35.4 Å². The molecule has 1 heteroatoms. The summed E-state index contributed by atoms with van der Waals surface area (Å²) in [5, 5.41) is 0. The maximum absolute atomic E-state index is 11.9. The average Bonchev–Trinajstić information content (AvgIpc) is 2.49. The highest BCUT2D eigenvalue weighted by atomic mass is 16.1. The van der Waals surface area contributed by atoms with Crippen LogP contribution in [0.4, 0.5) is 0 Å². The van der Waals surface area contributed by atoms with Crippen LogP contribution in [0, 0.1) is 5.92 Å². The molecule has 118 valence electrons. The van der Waals surface area contributed by atoms with E-state index in [4.69, 9.17) is 0 Å². The fourth-order valence-electron chi connectivity index (χ4n) is 2.63. The first kappa shape index (κ1) is 17.9. The summed E-state index contributed by atoms with van der Waals surface area (Å²) in [5.41, 5.74) is 2.21. The summed E-state index contributed by atoms with van der Waals surface area (Å²) in [6.45, 7) is 6.17. The molecule has 0 saturated heterocycles. The minimum Gasteiger partial charge on any atom is -0.294 e. The molecule has 0 atom stereocenters. The van der Waals surface area contributed by atoms with Gasteiger partial charge < -0.3 is 0 Å². The SMILES string of the molecule is CCCCCCCCCCc1ccc(C(=O)C(C)C)cc1. The molecule has 0 heterocycles. The molecule has 0 saturated carbocycles. The lowest BCUT2D eigenvalue weighted by Crippen LogP contribution is -2.07. The summed E-state index contributed by atoms with van der Waals surface area (Å²) >= 11 is 0. The van der Waals surface area contributed by atoms with Crippen LogP contribution in [0.15, 0.2) is 24.3 Å². The van der Waals surface area contributed by atoms with Crippen LogP contribution in [-0.2, 0) is 6.42 Å². The molecule has 0 aliphatic rings. The second kappa shape index (κ2) is 10.6. The molecule has 0 bridgehead atoms. The maximum Gasteiger partial charge on any atom is 0.165 e. The first-order valence-corrected chi connectivity index (χ1v) is 8.78. The summed E-state index contributed by atoms with van der Waals surface area (Å²) in [4.78, 5) is 11.9. The third kappa shape index (κ3) is 7.45. The number of rotatable bonds is 11. The number of aryl methyl sites for hydroxylation is 1. The Kier molecular flexibility index (Phi) is 9.05. The average molecular weight is 288 g/mol. The lowest BCUT2D eigenvalue weighted by Gasteiger charge is -2.06. The Bertz CT molecular complexity index is 389. The van der Waals surface area contributed by atoms with E-state index < -0.39 is 0 Å². The number of hydrogen-bond donors (Lipinski definition) is 0. The van der Waals surface area contributed by atoms with E-state index >= 15 is 0 Å². The van der Waals surface area contributed by atoms with E-state index in [2.05, 4.69) is 19.1 Å². The van der Waals surface area contributed by atoms with E-state index in [-0.39, 0.29) is 11.7 Å². The van der Waals surface area contributed by atoms with Gasteiger partial charge in [-0.25, -0.2) is 0 Å². The number of hydrogen-bond acceptors (Lipinski definition) is 1. The molecule has 0 amide bonds. The highest BCUT2D eigenvalue weighted by Gasteiger charge is 2.09. The molecule has 1 aromatic carbocycles. The van der Waals surface area contributed by atoms with Gasteiger partial charge in [-0.3, -0.25) is 4.79 Å². The van der Waals surface area contributed by atoms with E-state index in [1.807, 2.05) is 26.0 Å². The molecule has 0 spiro atoms. The Morgan fingerprint density at radius 2 is 1.38 bits per heavy atom. The number of carbonyl (C=O) groups excluding carboxylic acids is 1. The molecular formula is C20H32O. The zero-order chi connectivity index (χ0) is 15.5. The predicted molar refractivity (Wildman–Crippen MR) is 91.9 cm³/mol. The largest absolute Gasteiger partial charge is 0.294 e. The summed E-state index contributed by atoms with van der Waals surface area (Å²) in [6, 6.07) is 8.22. The van der Waals surface area contributed by atoms with Gasteiger partial charge in [0.15, 0.2) is 5.78 Å². The minimum atomic E-state index is 0.0866. The van der Waals surface area contributed by atoms with E-state index in [1.54, 1.807) is 0 Å². The molecule has 21 heavy (non-hydrogen) atoms. The lowest BCUT2D eigenvalue weighted by atomic mass is 9.98. The summed E-state index contributed by atoms with van der Waals surface area (Å²) in [7, 11) is 0. The molecule has 0 aromatic heterocycles. The van der Waals surface area contributed by atoms with Gasteiger partial charge in [-0.1, -0.05) is 90.0 Å². The lowest BCUT2D eigenvalue weighted by molar-refractivity contribution is 0.0939. The number of Topliss-reactive ketones (excluding diaryl/α,β-unsaturated/α-hetero) is 1. The Hall–Kier alpha value is -1.11. The molecule has 0 N–H and O–H groups in total. The second-order valence-electron chi connectivity index (χ2n) is 6.44. The van der Waals surface area contributed by atoms with E-state index in [0.717, 1.165) is 12.0 Å². The number of benzene rings is 1. The van der Waals surface area contributed by atoms with Crippen molar-refractivity contribution >= 4 is 5.78 Å². The zero-order valence-corrected chi connectivity index (χ0v) is 14.2. The van der Waals surface area contributed by atoms with Crippen LogP contribution in [0.25, 0.3) is 0 Å².